The van der Waals surface area contributed by atoms with Gasteiger partial charge in [-0.1, -0.05) is 18.2 Å². The number of para-hydroxylation sites is 1. The van der Waals surface area contributed by atoms with E-state index in [1.807, 2.05) is 0 Å². The van der Waals surface area contributed by atoms with Gasteiger partial charge in [0.15, 0.2) is 0 Å². The molecular formula is C15H25N3. The Morgan fingerprint density at radius 2 is 1.94 bits per heavy atom. The van der Waals surface area contributed by atoms with Crippen molar-refractivity contribution in [1.29, 1.82) is 0 Å². The van der Waals surface area contributed by atoms with E-state index in [0.29, 0.717) is 0 Å². The third-order valence-corrected chi connectivity index (χ3v) is 3.64. The number of nitrogens with one attached hydrogen (secondary N) is 2. The molecule has 18 heavy (non-hydrogen) atoms. The summed E-state index contributed by atoms with van der Waals surface area (Å²) in [5, 5.41) is 7.06. The van der Waals surface area contributed by atoms with E-state index in [0.717, 1.165) is 19.1 Å². The highest BCUT2D eigenvalue weighted by molar-refractivity contribution is 5.44. The van der Waals surface area contributed by atoms with Gasteiger partial charge < -0.3 is 15.5 Å². The lowest BCUT2D eigenvalue weighted by molar-refractivity contribution is 0.386. The van der Waals surface area contributed by atoms with Crippen molar-refractivity contribution in [2.45, 2.75) is 25.3 Å². The Balaban J connectivity index is 1.60. The number of hydrogen-bond acceptors (Lipinski definition) is 3. The van der Waals surface area contributed by atoms with Crippen molar-refractivity contribution in [2.24, 2.45) is 0 Å². The van der Waals surface area contributed by atoms with Gasteiger partial charge in [-0.3, -0.25) is 0 Å². The molecule has 100 valence electrons. The Labute approximate surface area is 111 Å². The molecule has 2 rings (SSSR count). The van der Waals surface area contributed by atoms with Crippen LogP contribution in [0.2, 0.25) is 0 Å². The molecule has 1 aromatic carbocycles. The molecule has 1 aliphatic heterocycles. The molecule has 1 heterocycles. The third kappa shape index (κ3) is 4.31. The fourth-order valence-electron chi connectivity index (χ4n) is 2.46. The zero-order valence-corrected chi connectivity index (χ0v) is 11.4. The van der Waals surface area contributed by atoms with Crippen molar-refractivity contribution in [3.05, 3.63) is 30.3 Å². The molecular weight excluding hydrogens is 222 g/mol. The van der Waals surface area contributed by atoms with E-state index in [1.54, 1.807) is 0 Å². The van der Waals surface area contributed by atoms with Gasteiger partial charge in [-0.2, -0.15) is 0 Å². The summed E-state index contributed by atoms with van der Waals surface area (Å²) in [6, 6.07) is 11.3. The summed E-state index contributed by atoms with van der Waals surface area (Å²) in [4.78, 5) is 2.32. The number of hydrogen-bond donors (Lipinski definition) is 2. The molecule has 1 aliphatic rings. The summed E-state index contributed by atoms with van der Waals surface area (Å²) in [7, 11) is 2.17. The van der Waals surface area contributed by atoms with Crippen molar-refractivity contribution < 1.29 is 0 Å². The normalized spacial score (nSPS) is 16.7. The lowest BCUT2D eigenvalue weighted by Crippen LogP contribution is -2.40. The van der Waals surface area contributed by atoms with Crippen LogP contribution in [0.5, 0.6) is 0 Å². The molecule has 0 aromatic heterocycles. The van der Waals surface area contributed by atoms with Gasteiger partial charge >= 0.3 is 0 Å². The van der Waals surface area contributed by atoms with E-state index in [9.17, 15) is 0 Å². The van der Waals surface area contributed by atoms with Crippen LogP contribution in [0.1, 0.15) is 19.3 Å². The molecule has 0 bridgehead atoms. The molecule has 0 unspecified atom stereocenters. The molecule has 3 nitrogen and oxygen atoms in total. The molecule has 0 amide bonds. The van der Waals surface area contributed by atoms with E-state index < -0.39 is 0 Å². The second kappa shape index (κ2) is 7.39. The number of rotatable bonds is 6. The van der Waals surface area contributed by atoms with Crippen molar-refractivity contribution >= 4 is 5.69 Å². The zero-order valence-electron chi connectivity index (χ0n) is 11.4. The fourth-order valence-corrected chi connectivity index (χ4v) is 2.46. The van der Waals surface area contributed by atoms with Gasteiger partial charge in [0.25, 0.3) is 0 Å². The lowest BCUT2D eigenvalue weighted by atomic mass is 10.1. The van der Waals surface area contributed by atoms with Crippen LogP contribution in [0, 0.1) is 0 Å². The van der Waals surface area contributed by atoms with Crippen molar-refractivity contribution in [1.82, 2.24) is 10.6 Å². The van der Waals surface area contributed by atoms with Crippen LogP contribution in [0.25, 0.3) is 0 Å². The summed E-state index contributed by atoms with van der Waals surface area (Å²) in [6.07, 6.45) is 3.75. The molecule has 1 fully saturated rings. The van der Waals surface area contributed by atoms with Gasteiger partial charge in [-0.15, -0.1) is 0 Å². The van der Waals surface area contributed by atoms with Gasteiger partial charge in [0, 0.05) is 25.3 Å². The summed E-state index contributed by atoms with van der Waals surface area (Å²) in [5.74, 6) is 0. The molecule has 1 aromatic rings. The van der Waals surface area contributed by atoms with Gasteiger partial charge in [0.05, 0.1) is 0 Å². The minimum atomic E-state index is 0.730. The molecule has 1 saturated heterocycles. The Bertz CT molecular complexity index is 320. The number of anilines is 1. The van der Waals surface area contributed by atoms with E-state index in [1.165, 1.54) is 38.0 Å². The first-order chi connectivity index (χ1) is 8.86. The predicted molar refractivity (Wildman–Crippen MR) is 78.2 cm³/mol. The molecule has 0 spiro atoms. The first-order valence-electron chi connectivity index (χ1n) is 7.06. The minimum Gasteiger partial charge on any atom is -0.375 e. The van der Waals surface area contributed by atoms with Crippen molar-refractivity contribution in [3.8, 4) is 0 Å². The fraction of sp³-hybridized carbons (Fsp3) is 0.600. The minimum absolute atomic E-state index is 0.730. The summed E-state index contributed by atoms with van der Waals surface area (Å²) >= 11 is 0. The molecule has 0 atom stereocenters. The largest absolute Gasteiger partial charge is 0.375 e. The number of benzene rings is 1. The Hall–Kier alpha value is -1.06. The van der Waals surface area contributed by atoms with Crippen LogP contribution in [-0.2, 0) is 0 Å². The highest BCUT2D eigenvalue weighted by atomic mass is 15.1. The van der Waals surface area contributed by atoms with Gasteiger partial charge in [-0.05, 0) is 51.0 Å². The maximum atomic E-state index is 3.66. The standard InChI is InChI=1S/C15H25N3/c1-18(15-6-3-2-4-7-15)13-5-10-17-14-8-11-16-12-9-14/h2-4,6-7,14,16-17H,5,8-13H2,1H3. The average Bonchev–Trinajstić information content (AvgIpc) is 2.45. The SMILES string of the molecule is CN(CCCNC1CCNCC1)c1ccccc1. The second-order valence-corrected chi connectivity index (χ2v) is 5.09. The number of piperidine rings is 1. The summed E-state index contributed by atoms with van der Waals surface area (Å²) in [6.45, 7) is 4.58. The highest BCUT2D eigenvalue weighted by Gasteiger charge is 2.11. The van der Waals surface area contributed by atoms with Crippen molar-refractivity contribution in [3.63, 3.8) is 0 Å². The molecule has 3 heteroatoms. The van der Waals surface area contributed by atoms with Crippen LogP contribution in [-0.4, -0.2) is 39.3 Å². The maximum Gasteiger partial charge on any atom is 0.0363 e. The number of nitrogens with zero attached hydrogens (tertiary/aromatic N) is 1. The first kappa shape index (κ1) is 13.4. The van der Waals surface area contributed by atoms with Crippen molar-refractivity contribution in [2.75, 3.05) is 38.1 Å². The summed E-state index contributed by atoms with van der Waals surface area (Å²) in [5.41, 5.74) is 1.30. The Morgan fingerprint density at radius 3 is 2.67 bits per heavy atom. The monoisotopic (exact) mass is 247 g/mol. The van der Waals surface area contributed by atoms with E-state index in [-0.39, 0.29) is 0 Å². The van der Waals surface area contributed by atoms with Crippen LogP contribution in [0.15, 0.2) is 30.3 Å². The predicted octanol–water partition coefficient (Wildman–Crippen LogP) is 1.85. The van der Waals surface area contributed by atoms with Crippen LogP contribution in [0.3, 0.4) is 0 Å². The van der Waals surface area contributed by atoms with Crippen LogP contribution < -0.4 is 15.5 Å². The Kier molecular flexibility index (Phi) is 5.49. The smallest absolute Gasteiger partial charge is 0.0363 e. The molecule has 0 radical (unpaired) electrons. The lowest BCUT2D eigenvalue weighted by Gasteiger charge is -2.24. The van der Waals surface area contributed by atoms with Gasteiger partial charge in [0.1, 0.15) is 0 Å². The third-order valence-electron chi connectivity index (χ3n) is 3.64. The quantitative estimate of drug-likeness (QED) is 0.751. The molecule has 0 saturated carbocycles. The average molecular weight is 247 g/mol. The van der Waals surface area contributed by atoms with Gasteiger partial charge in [-0.25, -0.2) is 0 Å². The zero-order chi connectivity index (χ0) is 12.6. The Morgan fingerprint density at radius 1 is 1.22 bits per heavy atom. The first-order valence-corrected chi connectivity index (χ1v) is 7.06. The van der Waals surface area contributed by atoms with Gasteiger partial charge in [0.2, 0.25) is 0 Å². The van der Waals surface area contributed by atoms with Crippen LogP contribution >= 0.6 is 0 Å². The summed E-state index contributed by atoms with van der Waals surface area (Å²) < 4.78 is 0. The van der Waals surface area contributed by atoms with E-state index >= 15 is 0 Å². The molecule has 0 aliphatic carbocycles. The van der Waals surface area contributed by atoms with Crippen LogP contribution in [0.4, 0.5) is 5.69 Å². The maximum absolute atomic E-state index is 3.66. The molecule has 2 N–H and O–H groups in total. The second-order valence-electron chi connectivity index (χ2n) is 5.09. The topological polar surface area (TPSA) is 27.3 Å². The highest BCUT2D eigenvalue weighted by Crippen LogP contribution is 2.10. The van der Waals surface area contributed by atoms with E-state index in [4.69, 9.17) is 0 Å². The van der Waals surface area contributed by atoms with E-state index in [2.05, 4.69) is 52.9 Å².